The van der Waals surface area contributed by atoms with Crippen LogP contribution in [0.5, 0.6) is 5.75 Å². The zero-order valence-electron chi connectivity index (χ0n) is 19.4. The first-order chi connectivity index (χ1) is 17.3. The molecule has 0 amide bonds. The molecule has 36 heavy (non-hydrogen) atoms. The molecule has 0 aliphatic rings. The van der Waals surface area contributed by atoms with Gasteiger partial charge in [0, 0.05) is 33.7 Å². The summed E-state index contributed by atoms with van der Waals surface area (Å²) >= 11 is 3.38. The Morgan fingerprint density at radius 1 is 1.22 bits per heavy atom. The molecule has 0 aliphatic heterocycles. The second-order valence-corrected chi connectivity index (χ2v) is 9.10. The zero-order valence-corrected chi connectivity index (χ0v) is 21.0. The second kappa shape index (κ2) is 10.5. The summed E-state index contributed by atoms with van der Waals surface area (Å²) in [4.78, 5) is 28.8. The minimum absolute atomic E-state index is 0.0745. The molecule has 1 aromatic heterocycles. The van der Waals surface area contributed by atoms with E-state index in [-0.39, 0.29) is 23.8 Å². The number of rotatable bonds is 7. The van der Waals surface area contributed by atoms with Crippen LogP contribution in [-0.4, -0.2) is 20.8 Å². The van der Waals surface area contributed by atoms with Gasteiger partial charge in [-0.2, -0.15) is 15.0 Å². The van der Waals surface area contributed by atoms with Crippen LogP contribution < -0.4 is 10.3 Å². The number of nitrogens with zero attached hydrogens (tertiary/aromatic N) is 5. The van der Waals surface area contributed by atoms with Gasteiger partial charge >= 0.3 is 0 Å². The molecule has 180 valence electrons. The third kappa shape index (κ3) is 5.16. The Labute approximate surface area is 214 Å². The van der Waals surface area contributed by atoms with Crippen LogP contribution in [0, 0.1) is 21.4 Å². The number of ether oxygens (including phenoxy) is 1. The number of nitro benzene ring substituents is 1. The maximum atomic E-state index is 13.3. The molecule has 4 aromatic rings. The van der Waals surface area contributed by atoms with Crippen LogP contribution in [0.1, 0.15) is 42.3 Å². The monoisotopic (exact) mass is 545 g/mol. The van der Waals surface area contributed by atoms with Gasteiger partial charge in [0.2, 0.25) is 0 Å². The Morgan fingerprint density at radius 3 is 2.72 bits per heavy atom. The molecule has 0 saturated heterocycles. The molecule has 0 fully saturated rings. The second-order valence-electron chi connectivity index (χ2n) is 8.18. The molecule has 0 bridgehead atoms. The lowest BCUT2D eigenvalue weighted by atomic mass is 10.1. The molecule has 0 spiro atoms. The van der Waals surface area contributed by atoms with Crippen LogP contribution in [0.4, 0.5) is 5.69 Å². The lowest BCUT2D eigenvalue weighted by molar-refractivity contribution is -0.384. The molecule has 0 unspecified atom stereocenters. The molecule has 0 saturated carbocycles. The molecule has 1 heterocycles. The molecular formula is C26H20BrN5O4. The molecule has 0 radical (unpaired) electrons. The van der Waals surface area contributed by atoms with Crippen LogP contribution in [-0.2, 0) is 6.61 Å². The third-order valence-corrected chi connectivity index (χ3v) is 5.88. The van der Waals surface area contributed by atoms with E-state index in [2.05, 4.69) is 32.1 Å². The first kappa shape index (κ1) is 24.8. The third-order valence-electron chi connectivity index (χ3n) is 5.39. The minimum Gasteiger partial charge on any atom is -0.488 e. The van der Waals surface area contributed by atoms with Crippen molar-refractivity contribution in [3.63, 3.8) is 0 Å². The maximum absolute atomic E-state index is 13.3. The van der Waals surface area contributed by atoms with Gasteiger partial charge in [0.1, 0.15) is 18.2 Å². The van der Waals surface area contributed by atoms with E-state index in [1.165, 1.54) is 29.1 Å². The van der Waals surface area contributed by atoms with Crippen LogP contribution in [0.3, 0.4) is 0 Å². The number of non-ortho nitro benzene ring substituents is 1. The van der Waals surface area contributed by atoms with Crippen molar-refractivity contribution in [2.24, 2.45) is 5.10 Å². The van der Waals surface area contributed by atoms with Crippen molar-refractivity contribution in [1.82, 2.24) is 9.66 Å². The Hall–Kier alpha value is -4.36. The van der Waals surface area contributed by atoms with Gasteiger partial charge in [0.25, 0.3) is 11.2 Å². The number of hydrogen-bond donors (Lipinski definition) is 0. The Kier molecular flexibility index (Phi) is 7.22. The van der Waals surface area contributed by atoms with Crippen molar-refractivity contribution in [2.45, 2.75) is 26.4 Å². The van der Waals surface area contributed by atoms with E-state index in [9.17, 15) is 20.2 Å². The number of nitro groups is 1. The van der Waals surface area contributed by atoms with Gasteiger partial charge in [-0.3, -0.25) is 14.9 Å². The molecule has 10 heteroatoms. The summed E-state index contributed by atoms with van der Waals surface area (Å²) in [6, 6.07) is 18.5. The van der Waals surface area contributed by atoms with Crippen molar-refractivity contribution in [1.29, 1.82) is 5.26 Å². The average molecular weight is 546 g/mol. The van der Waals surface area contributed by atoms with Crippen molar-refractivity contribution < 1.29 is 9.66 Å². The average Bonchev–Trinajstić information content (AvgIpc) is 2.87. The van der Waals surface area contributed by atoms with Gasteiger partial charge < -0.3 is 4.74 Å². The highest BCUT2D eigenvalue weighted by Gasteiger charge is 2.15. The van der Waals surface area contributed by atoms with E-state index in [0.29, 0.717) is 39.2 Å². The first-order valence-corrected chi connectivity index (χ1v) is 11.7. The molecular weight excluding hydrogens is 526 g/mol. The fourth-order valence-corrected chi connectivity index (χ4v) is 3.92. The van der Waals surface area contributed by atoms with Gasteiger partial charge in [0.05, 0.1) is 33.7 Å². The topological polar surface area (TPSA) is 123 Å². The van der Waals surface area contributed by atoms with Crippen LogP contribution in [0.2, 0.25) is 0 Å². The summed E-state index contributed by atoms with van der Waals surface area (Å²) in [5.74, 6) is 0.640. The predicted molar refractivity (Wildman–Crippen MR) is 139 cm³/mol. The normalized spacial score (nSPS) is 11.2. The van der Waals surface area contributed by atoms with Gasteiger partial charge in [0.15, 0.2) is 0 Å². The molecule has 0 atom stereocenters. The summed E-state index contributed by atoms with van der Waals surface area (Å²) < 4.78 is 7.84. The van der Waals surface area contributed by atoms with Gasteiger partial charge in [-0.05, 0) is 30.3 Å². The van der Waals surface area contributed by atoms with Crippen molar-refractivity contribution >= 4 is 38.7 Å². The van der Waals surface area contributed by atoms with Gasteiger partial charge in [-0.25, -0.2) is 4.98 Å². The van der Waals surface area contributed by atoms with Crippen LogP contribution in [0.15, 0.2) is 75.0 Å². The number of fused-ring (bicyclic) bond motifs is 1. The largest absolute Gasteiger partial charge is 0.488 e. The summed E-state index contributed by atoms with van der Waals surface area (Å²) in [7, 11) is 0. The SMILES string of the molecule is CC(C)c1nc2ccc(Br)cc2c(=O)n1N=Cc1cc([N+](=O)[O-])ccc1OCc1ccccc1C#N. The number of aromatic nitrogens is 2. The fraction of sp³-hybridized carbons (Fsp3) is 0.154. The van der Waals surface area contributed by atoms with Crippen LogP contribution >= 0.6 is 15.9 Å². The van der Waals surface area contributed by atoms with Crippen molar-refractivity contribution in [2.75, 3.05) is 0 Å². The molecule has 0 N–H and O–H groups in total. The maximum Gasteiger partial charge on any atom is 0.282 e. The van der Waals surface area contributed by atoms with Gasteiger partial charge in [-0.15, -0.1) is 0 Å². The van der Waals surface area contributed by atoms with E-state index in [4.69, 9.17) is 4.74 Å². The number of hydrogen-bond acceptors (Lipinski definition) is 7. The Bertz CT molecular complexity index is 1600. The number of benzene rings is 3. The van der Waals surface area contributed by atoms with Crippen molar-refractivity contribution in [3.8, 4) is 11.8 Å². The van der Waals surface area contributed by atoms with Crippen LogP contribution in [0.25, 0.3) is 10.9 Å². The highest BCUT2D eigenvalue weighted by molar-refractivity contribution is 9.10. The lowest BCUT2D eigenvalue weighted by Gasteiger charge is -2.13. The summed E-state index contributed by atoms with van der Waals surface area (Å²) in [5, 5.41) is 25.5. The summed E-state index contributed by atoms with van der Waals surface area (Å²) in [6.45, 7) is 3.87. The minimum atomic E-state index is -0.521. The highest BCUT2D eigenvalue weighted by Crippen LogP contribution is 2.25. The smallest absolute Gasteiger partial charge is 0.282 e. The first-order valence-electron chi connectivity index (χ1n) is 10.9. The van der Waals surface area contributed by atoms with E-state index in [1.54, 1.807) is 36.4 Å². The van der Waals surface area contributed by atoms with E-state index >= 15 is 0 Å². The zero-order chi connectivity index (χ0) is 25.8. The molecule has 4 rings (SSSR count). The molecule has 9 nitrogen and oxygen atoms in total. The van der Waals surface area contributed by atoms with Crippen molar-refractivity contribution in [3.05, 3.63) is 108 Å². The lowest BCUT2D eigenvalue weighted by Crippen LogP contribution is -2.23. The highest BCUT2D eigenvalue weighted by atomic mass is 79.9. The molecule has 0 aliphatic carbocycles. The van der Waals surface area contributed by atoms with Gasteiger partial charge in [-0.1, -0.05) is 48.0 Å². The standard InChI is InChI=1S/C26H20BrN5O4/c1-16(2)25-30-23-9-7-20(27)12-22(23)26(33)31(25)29-14-19-11-21(32(34)35)8-10-24(19)36-15-18-6-4-3-5-17(18)13-28/h3-12,14,16H,15H2,1-2H3. The fourth-order valence-electron chi connectivity index (χ4n) is 3.56. The van der Waals surface area contributed by atoms with E-state index < -0.39 is 4.92 Å². The summed E-state index contributed by atoms with van der Waals surface area (Å²) in [6.07, 6.45) is 1.34. The number of nitriles is 1. The Balaban J connectivity index is 1.78. The van der Waals surface area contributed by atoms with E-state index in [0.717, 1.165) is 4.47 Å². The quantitative estimate of drug-likeness (QED) is 0.171. The number of halogens is 1. The van der Waals surface area contributed by atoms with E-state index in [1.807, 2.05) is 19.9 Å². The Morgan fingerprint density at radius 2 is 2.00 bits per heavy atom. The predicted octanol–water partition coefficient (Wildman–Crippen LogP) is 5.52. The summed E-state index contributed by atoms with van der Waals surface area (Å²) in [5.41, 5.74) is 1.47. The molecule has 3 aromatic carbocycles.